The number of anilines is 1. The van der Waals surface area contributed by atoms with E-state index in [9.17, 15) is 51.9 Å². The fraction of sp³-hybridized carbons (Fsp3) is 0.238. The maximum atomic E-state index is 13.7. The van der Waals surface area contributed by atoms with E-state index in [1.54, 1.807) is 72.8 Å². The monoisotopic (exact) mass is 942 g/mol. The molecule has 0 spiro atoms. The first-order chi connectivity index (χ1) is 31.6. The summed E-state index contributed by atoms with van der Waals surface area (Å²) in [5.74, 6) is -4.03. The molecule has 66 heavy (non-hydrogen) atoms. The SMILES string of the molecule is Cc1cn(CC(=O)N(CCNC(=O)CN(CCNS(=O)(=O)c2nc3ccccc3s2)C(=O)Cn2ccc(NC(=O)OC(c3ccccc3)c3ccccc3)nc2=O)CC(=O)O)c(=O)[nH]c1=O. The number of amides is 4. The van der Waals surface area contributed by atoms with Gasteiger partial charge in [0.1, 0.15) is 25.5 Å². The van der Waals surface area contributed by atoms with Crippen molar-refractivity contribution in [2.75, 3.05) is 44.6 Å². The number of carbonyl (C=O) groups is 5. The first kappa shape index (κ1) is 47.6. The maximum absolute atomic E-state index is 13.7. The molecule has 0 aliphatic carbocycles. The van der Waals surface area contributed by atoms with Crippen LogP contribution in [0.2, 0.25) is 0 Å². The van der Waals surface area contributed by atoms with Crippen molar-refractivity contribution in [1.82, 2.24) is 43.9 Å². The van der Waals surface area contributed by atoms with Crippen LogP contribution in [0.1, 0.15) is 22.8 Å². The molecule has 6 aromatic rings. The topological polar surface area (TPSA) is 294 Å². The maximum Gasteiger partial charge on any atom is 0.413 e. The molecule has 0 aliphatic heterocycles. The van der Waals surface area contributed by atoms with Crippen LogP contribution in [-0.2, 0) is 47.0 Å². The second-order valence-electron chi connectivity index (χ2n) is 14.4. The highest BCUT2D eigenvalue weighted by Gasteiger charge is 2.24. The molecule has 6 rings (SSSR count). The normalized spacial score (nSPS) is 11.2. The van der Waals surface area contributed by atoms with Crippen molar-refractivity contribution in [3.8, 4) is 0 Å². The molecule has 4 amide bonds. The number of carboxylic acids is 1. The molecule has 5 N–H and O–H groups in total. The van der Waals surface area contributed by atoms with E-state index in [1.807, 2.05) is 17.1 Å². The number of carbonyl (C=O) groups excluding carboxylic acids is 4. The van der Waals surface area contributed by atoms with Gasteiger partial charge in [-0.1, -0.05) is 72.8 Å². The number of thiazole rings is 1. The molecule has 0 unspecified atom stereocenters. The van der Waals surface area contributed by atoms with Gasteiger partial charge in [0.05, 0.1) is 16.8 Å². The highest BCUT2D eigenvalue weighted by Crippen LogP contribution is 2.27. The number of hydrogen-bond acceptors (Lipinski definition) is 14. The molecule has 0 aliphatic rings. The molecule has 24 heteroatoms. The molecule has 0 bridgehead atoms. The fourth-order valence-electron chi connectivity index (χ4n) is 6.32. The van der Waals surface area contributed by atoms with Crippen LogP contribution in [0.5, 0.6) is 0 Å². The number of ether oxygens (including phenoxy) is 1. The van der Waals surface area contributed by atoms with Gasteiger partial charge in [0.25, 0.3) is 15.6 Å². The fourth-order valence-corrected chi connectivity index (χ4v) is 8.60. The van der Waals surface area contributed by atoms with E-state index in [-0.39, 0.29) is 35.4 Å². The first-order valence-corrected chi connectivity index (χ1v) is 22.2. The lowest BCUT2D eigenvalue weighted by atomic mass is 10.0. The van der Waals surface area contributed by atoms with Gasteiger partial charge in [-0.25, -0.2) is 32.5 Å². The minimum absolute atomic E-state index is 0.132. The zero-order valence-electron chi connectivity index (χ0n) is 35.0. The van der Waals surface area contributed by atoms with Gasteiger partial charge < -0.3 is 25.0 Å². The van der Waals surface area contributed by atoms with Crippen molar-refractivity contribution in [3.63, 3.8) is 0 Å². The summed E-state index contributed by atoms with van der Waals surface area (Å²) in [5, 5.41) is 14.3. The van der Waals surface area contributed by atoms with E-state index in [0.29, 0.717) is 21.3 Å². The predicted octanol–water partition coefficient (Wildman–Crippen LogP) is 0.886. The summed E-state index contributed by atoms with van der Waals surface area (Å²) in [5.41, 5.74) is -0.547. The van der Waals surface area contributed by atoms with Crippen molar-refractivity contribution >= 4 is 67.2 Å². The number of hydrogen-bond donors (Lipinski definition) is 5. The van der Waals surface area contributed by atoms with Crippen LogP contribution in [0.4, 0.5) is 10.6 Å². The Morgan fingerprint density at radius 1 is 0.803 bits per heavy atom. The lowest BCUT2D eigenvalue weighted by Gasteiger charge is -2.24. The van der Waals surface area contributed by atoms with Crippen LogP contribution >= 0.6 is 11.3 Å². The number of aliphatic carboxylic acids is 1. The zero-order chi connectivity index (χ0) is 47.4. The number of aryl methyl sites for hydroxylation is 1. The van der Waals surface area contributed by atoms with Crippen molar-refractivity contribution in [2.24, 2.45) is 0 Å². The van der Waals surface area contributed by atoms with E-state index in [0.717, 1.165) is 36.5 Å². The van der Waals surface area contributed by atoms with Gasteiger partial charge in [-0.3, -0.25) is 43.4 Å². The number of rotatable bonds is 20. The summed E-state index contributed by atoms with van der Waals surface area (Å²) < 4.78 is 36.6. The number of benzene rings is 3. The van der Waals surface area contributed by atoms with Gasteiger partial charge in [0, 0.05) is 44.1 Å². The number of aromatic amines is 1. The van der Waals surface area contributed by atoms with Crippen molar-refractivity contribution in [3.05, 3.63) is 151 Å². The average molecular weight is 943 g/mol. The first-order valence-electron chi connectivity index (χ1n) is 19.9. The lowest BCUT2D eigenvalue weighted by molar-refractivity contribution is -0.144. The highest BCUT2D eigenvalue weighted by atomic mass is 32.2. The minimum atomic E-state index is -4.18. The van der Waals surface area contributed by atoms with E-state index in [2.05, 4.69) is 25.3 Å². The number of carboxylic acid groups (broad SMARTS) is 1. The summed E-state index contributed by atoms with van der Waals surface area (Å²) in [6.45, 7) is -2.82. The van der Waals surface area contributed by atoms with E-state index in [1.165, 1.54) is 19.2 Å². The number of aromatic nitrogens is 5. The summed E-state index contributed by atoms with van der Waals surface area (Å²) in [6.07, 6.45) is 0.606. The van der Waals surface area contributed by atoms with Gasteiger partial charge in [-0.15, -0.1) is 11.3 Å². The van der Waals surface area contributed by atoms with Crippen molar-refractivity contribution < 1.29 is 42.2 Å². The third kappa shape index (κ3) is 12.9. The molecule has 3 heterocycles. The van der Waals surface area contributed by atoms with E-state index < -0.39 is 95.6 Å². The Labute approximate surface area is 378 Å². The second-order valence-corrected chi connectivity index (χ2v) is 17.3. The van der Waals surface area contributed by atoms with Crippen LogP contribution in [-0.4, -0.2) is 116 Å². The standard InChI is InChI=1S/C42H42N10O12S2/c1-27-22-52(40(60)48-38(27)58)25-35(55)50(26-36(56)57)20-17-43-33(53)23-49(21-18-44-66(62,63)42-45-30-14-8-9-15-31(30)65-42)34(54)24-51-19-16-32(46-39(51)59)47-41(61)64-37(28-10-4-2-5-11-28)29-12-6-3-7-13-29/h2-16,19,22,37,44H,17-18,20-21,23-26H2,1H3,(H,43,53)(H,56,57)(H,48,58,60)(H,46,47,59,61). The Morgan fingerprint density at radius 3 is 2.05 bits per heavy atom. The number of nitrogens with zero attached hydrogens (tertiary/aromatic N) is 6. The minimum Gasteiger partial charge on any atom is -0.480 e. The molecule has 3 aromatic carbocycles. The van der Waals surface area contributed by atoms with Gasteiger partial charge >= 0.3 is 23.4 Å². The summed E-state index contributed by atoms with van der Waals surface area (Å²) in [4.78, 5) is 114. The molecular weight excluding hydrogens is 901 g/mol. The van der Waals surface area contributed by atoms with Gasteiger partial charge in [0.15, 0.2) is 6.10 Å². The largest absolute Gasteiger partial charge is 0.480 e. The molecule has 0 atom stereocenters. The number of para-hydroxylation sites is 1. The van der Waals surface area contributed by atoms with E-state index >= 15 is 0 Å². The quantitative estimate of drug-likeness (QED) is 0.0711. The Hall–Kier alpha value is -7.83. The Bertz CT molecular complexity index is 2960. The predicted molar refractivity (Wildman–Crippen MR) is 238 cm³/mol. The third-order valence-electron chi connectivity index (χ3n) is 9.58. The molecule has 0 saturated heterocycles. The molecular formula is C42H42N10O12S2. The molecule has 344 valence electrons. The Morgan fingerprint density at radius 2 is 1.41 bits per heavy atom. The number of sulfonamides is 1. The van der Waals surface area contributed by atoms with Gasteiger partial charge in [0.2, 0.25) is 22.1 Å². The van der Waals surface area contributed by atoms with Crippen molar-refractivity contribution in [1.29, 1.82) is 0 Å². The van der Waals surface area contributed by atoms with Crippen LogP contribution in [0.15, 0.2) is 122 Å². The number of H-pyrrole nitrogens is 1. The highest BCUT2D eigenvalue weighted by molar-refractivity contribution is 7.91. The van der Waals surface area contributed by atoms with Gasteiger partial charge in [-0.05, 0) is 36.2 Å². The third-order valence-corrected chi connectivity index (χ3v) is 12.5. The van der Waals surface area contributed by atoms with Crippen LogP contribution in [0.3, 0.4) is 0 Å². The van der Waals surface area contributed by atoms with E-state index in [4.69, 9.17) is 4.74 Å². The Kier molecular flexibility index (Phi) is 15.7. The molecule has 0 radical (unpaired) electrons. The average Bonchev–Trinajstić information content (AvgIpc) is 3.74. The molecule has 22 nitrogen and oxygen atoms in total. The molecule has 0 saturated carbocycles. The Balaban J connectivity index is 1.12. The second kappa shape index (κ2) is 21.7. The van der Waals surface area contributed by atoms with Crippen molar-refractivity contribution in [2.45, 2.75) is 30.5 Å². The lowest BCUT2D eigenvalue weighted by Crippen LogP contribution is -2.48. The summed E-state index contributed by atoms with van der Waals surface area (Å²) in [7, 11) is -4.18. The van der Waals surface area contributed by atoms with Crippen LogP contribution in [0, 0.1) is 6.92 Å². The summed E-state index contributed by atoms with van der Waals surface area (Å²) >= 11 is 0.927. The number of nitrogens with one attached hydrogen (secondary N) is 4. The molecule has 3 aromatic heterocycles. The van der Waals surface area contributed by atoms with Gasteiger partial charge in [-0.2, -0.15) is 4.98 Å². The van der Waals surface area contributed by atoms with Crippen LogP contribution < -0.4 is 32.3 Å². The summed E-state index contributed by atoms with van der Waals surface area (Å²) in [6, 6.07) is 26.0. The molecule has 0 fully saturated rings. The zero-order valence-corrected chi connectivity index (χ0v) is 36.6. The number of fused-ring (bicyclic) bond motifs is 1. The smallest absolute Gasteiger partial charge is 0.413 e. The van der Waals surface area contributed by atoms with Crippen LogP contribution in [0.25, 0.3) is 10.2 Å².